The van der Waals surface area contributed by atoms with Crippen molar-refractivity contribution in [1.29, 1.82) is 0 Å². The molecule has 1 aliphatic heterocycles. The van der Waals surface area contributed by atoms with Gasteiger partial charge in [-0.1, -0.05) is 0 Å². The Morgan fingerprint density at radius 2 is 1.80 bits per heavy atom. The third-order valence-electron chi connectivity index (χ3n) is 3.39. The van der Waals surface area contributed by atoms with Gasteiger partial charge in [0.05, 0.1) is 0 Å². The van der Waals surface area contributed by atoms with Gasteiger partial charge in [-0.15, -0.1) is 0 Å². The molecule has 0 aromatic heterocycles. The molecule has 0 aromatic rings. The van der Waals surface area contributed by atoms with Gasteiger partial charge in [0, 0.05) is 13.1 Å². The normalized spacial score (nSPS) is 23.1. The molecular formula is C13H22N2O5. The quantitative estimate of drug-likeness (QED) is 0.716. The number of carboxylic acids is 1. The molecule has 0 spiro atoms. The van der Waals surface area contributed by atoms with Crippen molar-refractivity contribution in [3.05, 3.63) is 0 Å². The summed E-state index contributed by atoms with van der Waals surface area (Å²) < 4.78 is 5.14. The number of nitrogens with one attached hydrogen (secondary N) is 1. The molecule has 1 saturated heterocycles. The lowest BCUT2D eigenvalue weighted by Crippen LogP contribution is -2.49. The molecule has 7 heteroatoms. The Balaban J connectivity index is 2.50. The molecule has 1 rings (SSSR count). The molecule has 7 nitrogen and oxygen atoms in total. The van der Waals surface area contributed by atoms with E-state index in [9.17, 15) is 14.4 Å². The third kappa shape index (κ3) is 3.93. The summed E-state index contributed by atoms with van der Waals surface area (Å²) in [6.07, 6.45) is -1.05. The van der Waals surface area contributed by atoms with Crippen LogP contribution in [0.25, 0.3) is 0 Å². The molecule has 3 atom stereocenters. The van der Waals surface area contributed by atoms with Crippen LogP contribution in [0.1, 0.15) is 33.6 Å². The maximum absolute atomic E-state index is 12.0. The van der Waals surface area contributed by atoms with Crippen molar-refractivity contribution in [2.24, 2.45) is 0 Å². The van der Waals surface area contributed by atoms with Crippen LogP contribution in [0.5, 0.6) is 0 Å². The van der Waals surface area contributed by atoms with Crippen LogP contribution in [0.2, 0.25) is 0 Å². The van der Waals surface area contributed by atoms with Gasteiger partial charge in [0.25, 0.3) is 0 Å². The van der Waals surface area contributed by atoms with E-state index >= 15 is 0 Å². The van der Waals surface area contributed by atoms with Crippen LogP contribution in [0.15, 0.2) is 0 Å². The first-order valence-corrected chi connectivity index (χ1v) is 6.88. The summed E-state index contributed by atoms with van der Waals surface area (Å²) in [6, 6.07) is -0.644. The number of carbonyl (C=O) groups is 3. The molecular weight excluding hydrogens is 264 g/mol. The molecule has 20 heavy (non-hydrogen) atoms. The summed E-state index contributed by atoms with van der Waals surface area (Å²) in [6.45, 7) is 6.51. The summed E-state index contributed by atoms with van der Waals surface area (Å²) in [4.78, 5) is 36.3. The summed E-state index contributed by atoms with van der Waals surface area (Å²) >= 11 is 0. The van der Waals surface area contributed by atoms with E-state index in [0.29, 0.717) is 25.9 Å². The van der Waals surface area contributed by atoms with Crippen molar-refractivity contribution in [3.8, 4) is 0 Å². The SMILES string of the molecule is CCN(CC)C(=O)C(C)NC(=O)C1CCC(C(=O)O)O1. The Morgan fingerprint density at radius 3 is 2.25 bits per heavy atom. The maximum Gasteiger partial charge on any atom is 0.332 e. The number of aliphatic carboxylic acids is 1. The average Bonchev–Trinajstić information content (AvgIpc) is 2.89. The van der Waals surface area contributed by atoms with E-state index in [-0.39, 0.29) is 5.91 Å². The fraction of sp³-hybridized carbons (Fsp3) is 0.769. The van der Waals surface area contributed by atoms with Gasteiger partial charge >= 0.3 is 5.97 Å². The number of hydrogen-bond donors (Lipinski definition) is 2. The minimum atomic E-state index is -1.06. The summed E-state index contributed by atoms with van der Waals surface area (Å²) in [5, 5.41) is 11.4. The van der Waals surface area contributed by atoms with Gasteiger partial charge in [-0.3, -0.25) is 9.59 Å². The van der Waals surface area contributed by atoms with Gasteiger partial charge in [-0.2, -0.15) is 0 Å². The van der Waals surface area contributed by atoms with Crippen LogP contribution in [-0.2, 0) is 19.1 Å². The molecule has 3 unspecified atom stereocenters. The smallest absolute Gasteiger partial charge is 0.332 e. The van der Waals surface area contributed by atoms with Crippen LogP contribution in [0.3, 0.4) is 0 Å². The number of hydrogen-bond acceptors (Lipinski definition) is 4. The highest BCUT2D eigenvalue weighted by Crippen LogP contribution is 2.20. The van der Waals surface area contributed by atoms with E-state index < -0.39 is 30.1 Å². The predicted octanol–water partition coefficient (Wildman–Crippen LogP) is -0.00830. The number of amides is 2. The number of carboxylic acid groups (broad SMARTS) is 1. The lowest BCUT2D eigenvalue weighted by atomic mass is 10.1. The van der Waals surface area contributed by atoms with Gasteiger partial charge < -0.3 is 20.1 Å². The van der Waals surface area contributed by atoms with Crippen LogP contribution < -0.4 is 5.32 Å². The molecule has 0 aromatic carbocycles. The molecule has 1 aliphatic rings. The number of carbonyl (C=O) groups excluding carboxylic acids is 2. The van der Waals surface area contributed by atoms with E-state index in [1.165, 1.54) is 0 Å². The third-order valence-corrected chi connectivity index (χ3v) is 3.39. The molecule has 2 amide bonds. The second-order valence-corrected chi connectivity index (χ2v) is 4.77. The highest BCUT2D eigenvalue weighted by Gasteiger charge is 2.35. The number of likely N-dealkylation sites (N-methyl/N-ethyl adjacent to an activating group) is 1. The summed E-state index contributed by atoms with van der Waals surface area (Å²) in [7, 11) is 0. The molecule has 1 fully saturated rings. The van der Waals surface area contributed by atoms with E-state index in [1.54, 1.807) is 11.8 Å². The summed E-state index contributed by atoms with van der Waals surface area (Å²) in [5.41, 5.74) is 0. The molecule has 1 heterocycles. The molecule has 0 aliphatic carbocycles. The lowest BCUT2D eigenvalue weighted by molar-refractivity contribution is -0.152. The standard InChI is InChI=1S/C13H22N2O5/c1-4-15(5-2)12(17)8(3)14-11(16)9-6-7-10(20-9)13(18)19/h8-10H,4-7H2,1-3H3,(H,14,16)(H,18,19). The van der Waals surface area contributed by atoms with Gasteiger partial charge in [-0.05, 0) is 33.6 Å². The second kappa shape index (κ2) is 7.23. The molecule has 2 N–H and O–H groups in total. The highest BCUT2D eigenvalue weighted by molar-refractivity contribution is 5.89. The van der Waals surface area contributed by atoms with E-state index in [4.69, 9.17) is 9.84 Å². The van der Waals surface area contributed by atoms with Crippen LogP contribution >= 0.6 is 0 Å². The Morgan fingerprint density at radius 1 is 1.25 bits per heavy atom. The fourth-order valence-electron chi connectivity index (χ4n) is 2.19. The molecule has 0 radical (unpaired) electrons. The molecule has 0 saturated carbocycles. The van der Waals surface area contributed by atoms with Crippen molar-refractivity contribution < 1.29 is 24.2 Å². The van der Waals surface area contributed by atoms with Crippen LogP contribution in [-0.4, -0.2) is 59.1 Å². The Hall–Kier alpha value is -1.63. The van der Waals surface area contributed by atoms with E-state index in [2.05, 4.69) is 5.32 Å². The largest absolute Gasteiger partial charge is 0.479 e. The Labute approximate surface area is 118 Å². The first-order valence-electron chi connectivity index (χ1n) is 6.88. The van der Waals surface area contributed by atoms with Crippen molar-refractivity contribution >= 4 is 17.8 Å². The molecule has 0 bridgehead atoms. The van der Waals surface area contributed by atoms with Crippen molar-refractivity contribution in [2.75, 3.05) is 13.1 Å². The maximum atomic E-state index is 12.0. The van der Waals surface area contributed by atoms with Crippen LogP contribution in [0.4, 0.5) is 0 Å². The van der Waals surface area contributed by atoms with Gasteiger partial charge in [0.15, 0.2) is 6.10 Å². The van der Waals surface area contributed by atoms with Crippen LogP contribution in [0, 0.1) is 0 Å². The van der Waals surface area contributed by atoms with Crippen molar-refractivity contribution in [1.82, 2.24) is 10.2 Å². The second-order valence-electron chi connectivity index (χ2n) is 4.77. The number of nitrogens with zero attached hydrogens (tertiary/aromatic N) is 1. The fourth-order valence-corrected chi connectivity index (χ4v) is 2.19. The lowest BCUT2D eigenvalue weighted by Gasteiger charge is -2.24. The minimum absolute atomic E-state index is 0.156. The zero-order valence-electron chi connectivity index (χ0n) is 12.1. The highest BCUT2D eigenvalue weighted by atomic mass is 16.5. The molecule has 114 valence electrons. The van der Waals surface area contributed by atoms with Gasteiger partial charge in [0.1, 0.15) is 12.1 Å². The number of rotatable bonds is 6. The minimum Gasteiger partial charge on any atom is -0.479 e. The summed E-state index contributed by atoms with van der Waals surface area (Å²) in [5.74, 6) is -1.65. The van der Waals surface area contributed by atoms with Gasteiger partial charge in [0.2, 0.25) is 11.8 Å². The first kappa shape index (κ1) is 16.4. The van der Waals surface area contributed by atoms with Crippen molar-refractivity contribution in [3.63, 3.8) is 0 Å². The number of ether oxygens (including phenoxy) is 1. The Kier molecular flexibility index (Phi) is 5.94. The first-order chi connectivity index (χ1) is 9.40. The van der Waals surface area contributed by atoms with Gasteiger partial charge in [-0.25, -0.2) is 4.79 Å². The predicted molar refractivity (Wildman–Crippen MR) is 71.1 cm³/mol. The van der Waals surface area contributed by atoms with Crippen molar-refractivity contribution in [2.45, 2.75) is 51.9 Å². The Bertz CT molecular complexity index is 381. The average molecular weight is 286 g/mol. The zero-order chi connectivity index (χ0) is 15.3. The monoisotopic (exact) mass is 286 g/mol. The van der Waals surface area contributed by atoms with E-state index in [0.717, 1.165) is 0 Å². The zero-order valence-corrected chi connectivity index (χ0v) is 12.1. The topological polar surface area (TPSA) is 95.9 Å². The van der Waals surface area contributed by atoms with E-state index in [1.807, 2.05) is 13.8 Å².